The van der Waals surface area contributed by atoms with E-state index in [2.05, 4.69) is 0 Å². The zero-order valence-electron chi connectivity index (χ0n) is 11.2. The second-order valence-electron chi connectivity index (χ2n) is 5.09. The number of benzene rings is 1. The summed E-state index contributed by atoms with van der Waals surface area (Å²) in [7, 11) is -4.21. The van der Waals surface area contributed by atoms with Crippen LogP contribution in [-0.2, 0) is 10.0 Å². The van der Waals surface area contributed by atoms with Crippen LogP contribution < -0.4 is 5.73 Å². The van der Waals surface area contributed by atoms with Crippen LogP contribution in [0.2, 0.25) is 0 Å². The van der Waals surface area contributed by atoms with E-state index in [4.69, 9.17) is 5.73 Å². The smallest absolute Gasteiger partial charge is 0.249 e. The van der Waals surface area contributed by atoms with Gasteiger partial charge in [0, 0.05) is 18.6 Å². The van der Waals surface area contributed by atoms with E-state index in [-0.39, 0.29) is 12.6 Å². The summed E-state index contributed by atoms with van der Waals surface area (Å²) in [5.41, 5.74) is 5.81. The lowest BCUT2D eigenvalue weighted by molar-refractivity contribution is 0.226. The van der Waals surface area contributed by atoms with Crippen LogP contribution >= 0.6 is 0 Å². The fourth-order valence-electron chi connectivity index (χ4n) is 2.60. The lowest BCUT2D eigenvalue weighted by Crippen LogP contribution is -2.51. The molecule has 2 atom stereocenters. The van der Waals surface area contributed by atoms with Gasteiger partial charge in [-0.05, 0) is 31.9 Å². The normalized spacial score (nSPS) is 22.7. The third-order valence-electron chi connectivity index (χ3n) is 3.59. The van der Waals surface area contributed by atoms with Crippen molar-refractivity contribution in [1.82, 2.24) is 4.31 Å². The highest BCUT2D eigenvalue weighted by atomic mass is 32.2. The van der Waals surface area contributed by atoms with Gasteiger partial charge < -0.3 is 5.73 Å². The minimum Gasteiger partial charge on any atom is -0.326 e. The van der Waals surface area contributed by atoms with Gasteiger partial charge in [0.1, 0.15) is 11.6 Å². The SMILES string of the molecule is CC(N)C1CCCCN1S(=O)(=O)c1c(F)cccc1F. The molecule has 4 nitrogen and oxygen atoms in total. The van der Waals surface area contributed by atoms with Crippen LogP contribution in [0.5, 0.6) is 0 Å². The van der Waals surface area contributed by atoms with Gasteiger partial charge in [0.25, 0.3) is 0 Å². The highest BCUT2D eigenvalue weighted by Gasteiger charge is 2.38. The second kappa shape index (κ2) is 5.75. The molecular weight excluding hydrogens is 286 g/mol. The van der Waals surface area contributed by atoms with Crippen molar-refractivity contribution in [3.8, 4) is 0 Å². The summed E-state index contributed by atoms with van der Waals surface area (Å²) in [6, 6.07) is 2.22. The first-order valence-electron chi connectivity index (χ1n) is 6.57. The van der Waals surface area contributed by atoms with Crippen molar-refractivity contribution in [1.29, 1.82) is 0 Å². The molecule has 112 valence electrons. The third-order valence-corrected chi connectivity index (χ3v) is 5.57. The van der Waals surface area contributed by atoms with Crippen molar-refractivity contribution in [2.75, 3.05) is 6.54 Å². The van der Waals surface area contributed by atoms with E-state index in [0.717, 1.165) is 28.9 Å². The van der Waals surface area contributed by atoms with Gasteiger partial charge in [-0.3, -0.25) is 0 Å². The van der Waals surface area contributed by atoms with Crippen LogP contribution in [0.1, 0.15) is 26.2 Å². The number of nitrogens with two attached hydrogens (primary N) is 1. The maximum Gasteiger partial charge on any atom is 0.249 e. The minimum atomic E-state index is -4.21. The molecule has 0 radical (unpaired) electrons. The molecule has 1 aromatic carbocycles. The summed E-state index contributed by atoms with van der Waals surface area (Å²) in [6.07, 6.45) is 2.13. The molecule has 0 saturated carbocycles. The fraction of sp³-hybridized carbons (Fsp3) is 0.538. The molecule has 0 spiro atoms. The first kappa shape index (κ1) is 15.3. The summed E-state index contributed by atoms with van der Waals surface area (Å²) < 4.78 is 53.7. The van der Waals surface area contributed by atoms with Crippen LogP contribution in [0.4, 0.5) is 8.78 Å². The Kier molecular flexibility index (Phi) is 4.41. The van der Waals surface area contributed by atoms with Gasteiger partial charge in [-0.2, -0.15) is 4.31 Å². The summed E-state index contributed by atoms with van der Waals surface area (Å²) >= 11 is 0. The van der Waals surface area contributed by atoms with E-state index in [1.54, 1.807) is 6.92 Å². The quantitative estimate of drug-likeness (QED) is 0.927. The Hall–Kier alpha value is -1.05. The van der Waals surface area contributed by atoms with E-state index in [1.165, 1.54) is 0 Å². The standard InChI is InChI=1S/C13H18F2N2O2S/c1-9(16)12-7-2-3-8-17(12)20(18,19)13-10(14)5-4-6-11(13)15/h4-6,9,12H,2-3,7-8,16H2,1H3. The highest BCUT2D eigenvalue weighted by Crippen LogP contribution is 2.29. The summed E-state index contributed by atoms with van der Waals surface area (Å²) in [5, 5.41) is 0. The predicted octanol–water partition coefficient (Wildman–Crippen LogP) is 1.86. The zero-order chi connectivity index (χ0) is 14.9. The van der Waals surface area contributed by atoms with Gasteiger partial charge in [-0.15, -0.1) is 0 Å². The van der Waals surface area contributed by atoms with Crippen molar-refractivity contribution in [2.45, 2.75) is 43.2 Å². The minimum absolute atomic E-state index is 0.238. The largest absolute Gasteiger partial charge is 0.326 e. The first-order valence-corrected chi connectivity index (χ1v) is 8.01. The molecule has 1 heterocycles. The van der Waals surface area contributed by atoms with E-state index < -0.39 is 32.6 Å². The molecule has 1 aliphatic rings. The van der Waals surface area contributed by atoms with Crippen LogP contribution in [0.15, 0.2) is 23.1 Å². The summed E-state index contributed by atoms with van der Waals surface area (Å²) in [5.74, 6) is -2.14. The first-order chi connectivity index (χ1) is 9.35. The molecule has 1 saturated heterocycles. The number of rotatable bonds is 3. The average molecular weight is 304 g/mol. The molecular formula is C13H18F2N2O2S. The predicted molar refractivity (Wildman–Crippen MR) is 71.5 cm³/mol. The monoisotopic (exact) mass is 304 g/mol. The van der Waals surface area contributed by atoms with Crippen molar-refractivity contribution in [2.24, 2.45) is 5.73 Å². The number of nitrogens with zero attached hydrogens (tertiary/aromatic N) is 1. The maximum absolute atomic E-state index is 13.8. The molecule has 20 heavy (non-hydrogen) atoms. The number of hydrogen-bond acceptors (Lipinski definition) is 3. The Morgan fingerprint density at radius 1 is 1.30 bits per heavy atom. The van der Waals surface area contributed by atoms with E-state index in [0.29, 0.717) is 12.8 Å². The van der Waals surface area contributed by atoms with Crippen LogP contribution in [-0.4, -0.2) is 31.4 Å². The summed E-state index contributed by atoms with van der Waals surface area (Å²) in [6.45, 7) is 1.94. The van der Waals surface area contributed by atoms with Crippen LogP contribution in [0.3, 0.4) is 0 Å². The average Bonchev–Trinajstić information content (AvgIpc) is 2.38. The molecule has 2 unspecified atom stereocenters. The molecule has 1 fully saturated rings. The van der Waals surface area contributed by atoms with Gasteiger partial charge >= 0.3 is 0 Å². The lowest BCUT2D eigenvalue weighted by Gasteiger charge is -2.36. The maximum atomic E-state index is 13.8. The number of sulfonamides is 1. The lowest BCUT2D eigenvalue weighted by atomic mass is 10.00. The molecule has 0 bridgehead atoms. The molecule has 2 N–H and O–H groups in total. The van der Waals surface area contributed by atoms with Gasteiger partial charge in [0.2, 0.25) is 10.0 Å². The fourth-order valence-corrected chi connectivity index (χ4v) is 4.49. The van der Waals surface area contributed by atoms with Gasteiger partial charge in [-0.25, -0.2) is 17.2 Å². The molecule has 1 aliphatic heterocycles. The van der Waals surface area contributed by atoms with E-state index in [9.17, 15) is 17.2 Å². The molecule has 0 aliphatic carbocycles. The van der Waals surface area contributed by atoms with Gasteiger partial charge in [0.05, 0.1) is 0 Å². The molecule has 1 aromatic rings. The Labute approximate surface area is 117 Å². The van der Waals surface area contributed by atoms with E-state index >= 15 is 0 Å². The number of hydrogen-bond donors (Lipinski definition) is 1. The molecule has 0 amide bonds. The Balaban J connectivity index is 2.48. The van der Waals surface area contributed by atoms with Crippen molar-refractivity contribution >= 4 is 10.0 Å². The van der Waals surface area contributed by atoms with Gasteiger partial charge in [0.15, 0.2) is 4.90 Å². The number of halogens is 2. The highest BCUT2D eigenvalue weighted by molar-refractivity contribution is 7.89. The van der Waals surface area contributed by atoms with Crippen molar-refractivity contribution in [3.05, 3.63) is 29.8 Å². The van der Waals surface area contributed by atoms with Crippen molar-refractivity contribution < 1.29 is 17.2 Å². The van der Waals surface area contributed by atoms with Crippen molar-refractivity contribution in [3.63, 3.8) is 0 Å². The Morgan fingerprint density at radius 3 is 2.45 bits per heavy atom. The molecule has 2 rings (SSSR count). The summed E-state index contributed by atoms with van der Waals surface area (Å²) in [4.78, 5) is -0.882. The second-order valence-corrected chi connectivity index (χ2v) is 6.92. The number of piperidine rings is 1. The zero-order valence-corrected chi connectivity index (χ0v) is 12.0. The van der Waals surface area contributed by atoms with Crippen LogP contribution in [0, 0.1) is 11.6 Å². The molecule has 0 aromatic heterocycles. The Bertz CT molecular complexity index is 570. The Morgan fingerprint density at radius 2 is 1.90 bits per heavy atom. The van der Waals surface area contributed by atoms with Gasteiger partial charge in [-0.1, -0.05) is 12.5 Å². The van der Waals surface area contributed by atoms with Crippen LogP contribution in [0.25, 0.3) is 0 Å². The van der Waals surface area contributed by atoms with E-state index in [1.807, 2.05) is 0 Å². The molecule has 7 heteroatoms. The third kappa shape index (κ3) is 2.70. The topological polar surface area (TPSA) is 63.4 Å².